The van der Waals surface area contributed by atoms with Crippen molar-refractivity contribution in [2.45, 2.75) is 19.6 Å². The molecule has 4 heterocycles. The molecule has 4 rings (SSSR count). The van der Waals surface area contributed by atoms with Crippen molar-refractivity contribution in [1.82, 2.24) is 19.3 Å². The Morgan fingerprint density at radius 1 is 1.39 bits per heavy atom. The van der Waals surface area contributed by atoms with Crippen molar-refractivity contribution >= 4 is 27.6 Å². The molecule has 0 spiro atoms. The van der Waals surface area contributed by atoms with Crippen molar-refractivity contribution in [2.24, 2.45) is 0 Å². The van der Waals surface area contributed by atoms with Crippen LogP contribution in [0.25, 0.3) is 4.96 Å². The summed E-state index contributed by atoms with van der Waals surface area (Å²) < 4.78 is 7.43. The van der Waals surface area contributed by atoms with Crippen LogP contribution in [0.5, 0.6) is 0 Å². The molecule has 1 saturated heterocycles. The highest BCUT2D eigenvalue weighted by Gasteiger charge is 2.24. The molecule has 1 atom stereocenters. The lowest BCUT2D eigenvalue weighted by atomic mass is 10.2. The molecule has 0 amide bonds. The Kier molecular flexibility index (Phi) is 3.98. The number of hydrogen-bond acceptors (Lipinski definition) is 7. The molecule has 0 aliphatic carbocycles. The third-order valence-electron chi connectivity index (χ3n) is 3.80. The van der Waals surface area contributed by atoms with Crippen molar-refractivity contribution in [2.75, 3.05) is 19.7 Å². The summed E-state index contributed by atoms with van der Waals surface area (Å²) >= 11 is 3.12. The van der Waals surface area contributed by atoms with Crippen molar-refractivity contribution in [3.05, 3.63) is 49.8 Å². The van der Waals surface area contributed by atoms with Crippen molar-refractivity contribution in [1.29, 1.82) is 0 Å². The minimum Gasteiger partial charge on any atom is -0.368 e. The van der Waals surface area contributed by atoms with E-state index in [-0.39, 0.29) is 11.7 Å². The molecule has 1 aliphatic heterocycles. The summed E-state index contributed by atoms with van der Waals surface area (Å²) in [4.78, 5) is 24.2. The van der Waals surface area contributed by atoms with E-state index >= 15 is 0 Å². The predicted molar refractivity (Wildman–Crippen MR) is 90.2 cm³/mol. The maximum atomic E-state index is 12.1. The average molecular weight is 348 g/mol. The molecule has 0 N–H and O–H groups in total. The van der Waals surface area contributed by atoms with Gasteiger partial charge in [-0.1, -0.05) is 0 Å². The maximum Gasteiger partial charge on any atom is 0.258 e. The van der Waals surface area contributed by atoms with Gasteiger partial charge in [0.15, 0.2) is 4.96 Å². The lowest BCUT2D eigenvalue weighted by molar-refractivity contribution is -0.0333. The lowest BCUT2D eigenvalue weighted by Gasteiger charge is -2.31. The van der Waals surface area contributed by atoms with E-state index in [0.29, 0.717) is 13.2 Å². The van der Waals surface area contributed by atoms with E-state index in [9.17, 15) is 4.79 Å². The number of rotatable bonds is 3. The fraction of sp³-hybridized carbons (Fsp3) is 0.400. The zero-order chi connectivity index (χ0) is 15.8. The molecule has 0 aromatic carbocycles. The van der Waals surface area contributed by atoms with Crippen LogP contribution >= 0.6 is 22.7 Å². The second-order valence-corrected chi connectivity index (χ2v) is 7.33. The molecule has 0 bridgehead atoms. The van der Waals surface area contributed by atoms with Crippen molar-refractivity contribution in [3.63, 3.8) is 0 Å². The van der Waals surface area contributed by atoms with Gasteiger partial charge >= 0.3 is 0 Å². The molecule has 1 fully saturated rings. The maximum absolute atomic E-state index is 12.1. The van der Waals surface area contributed by atoms with Crippen molar-refractivity contribution in [3.8, 4) is 0 Å². The zero-order valence-corrected chi connectivity index (χ0v) is 14.3. The second kappa shape index (κ2) is 6.12. The molecule has 3 aromatic rings. The summed E-state index contributed by atoms with van der Waals surface area (Å²) in [6.45, 7) is 4.94. The Hall–Kier alpha value is -1.61. The highest BCUT2D eigenvalue weighted by atomic mass is 32.1. The summed E-state index contributed by atoms with van der Waals surface area (Å²) in [6, 6.07) is 1.62. The molecule has 0 saturated carbocycles. The van der Waals surface area contributed by atoms with Gasteiger partial charge in [-0.3, -0.25) is 14.1 Å². The highest BCUT2D eigenvalue weighted by Crippen LogP contribution is 2.25. The molecule has 0 unspecified atom stereocenters. The van der Waals surface area contributed by atoms with E-state index in [2.05, 4.69) is 14.9 Å². The van der Waals surface area contributed by atoms with Crippen LogP contribution in [0.3, 0.4) is 0 Å². The summed E-state index contributed by atoms with van der Waals surface area (Å²) in [6.07, 6.45) is 1.77. The average Bonchev–Trinajstić information content (AvgIpc) is 3.16. The van der Waals surface area contributed by atoms with Crippen LogP contribution in [0.15, 0.2) is 27.8 Å². The van der Waals surface area contributed by atoms with E-state index < -0.39 is 0 Å². The van der Waals surface area contributed by atoms with Crippen LogP contribution in [-0.4, -0.2) is 39.0 Å². The summed E-state index contributed by atoms with van der Waals surface area (Å²) in [5, 5.41) is 4.95. The van der Waals surface area contributed by atoms with Crippen LogP contribution < -0.4 is 5.56 Å². The summed E-state index contributed by atoms with van der Waals surface area (Å²) in [5.41, 5.74) is 1.82. The Labute approximate surface area is 141 Å². The Morgan fingerprint density at radius 3 is 3.13 bits per heavy atom. The van der Waals surface area contributed by atoms with E-state index in [0.717, 1.165) is 34.4 Å². The van der Waals surface area contributed by atoms with E-state index in [1.807, 2.05) is 17.7 Å². The first-order chi connectivity index (χ1) is 11.2. The van der Waals surface area contributed by atoms with Crippen LogP contribution in [0.4, 0.5) is 0 Å². The molecule has 3 aromatic heterocycles. The quantitative estimate of drug-likeness (QED) is 0.725. The van der Waals surface area contributed by atoms with Gasteiger partial charge in [-0.2, -0.15) is 0 Å². The Bertz CT molecular complexity index is 885. The van der Waals surface area contributed by atoms with Gasteiger partial charge in [-0.05, 0) is 6.92 Å². The van der Waals surface area contributed by atoms with Crippen LogP contribution in [0, 0.1) is 6.92 Å². The Morgan fingerprint density at radius 2 is 2.30 bits per heavy atom. The van der Waals surface area contributed by atoms with Crippen molar-refractivity contribution < 1.29 is 4.74 Å². The third-order valence-corrected chi connectivity index (χ3v) is 5.62. The monoisotopic (exact) mass is 348 g/mol. The Balaban J connectivity index is 1.52. The minimum atomic E-state index is -0.0217. The van der Waals surface area contributed by atoms with Gasteiger partial charge < -0.3 is 4.74 Å². The van der Waals surface area contributed by atoms with Crippen LogP contribution in [-0.2, 0) is 11.3 Å². The molecule has 1 aliphatic rings. The molecule has 0 radical (unpaired) electrons. The van der Waals surface area contributed by atoms with E-state index in [4.69, 9.17) is 4.74 Å². The summed E-state index contributed by atoms with van der Waals surface area (Å²) in [5.74, 6) is 0. The standard InChI is InChI=1S/C15H16N4O2S2/c1-10-9-23-14(16-10)12-8-18(2-4-21-12)7-11-6-13(20)19-3-5-22-15(19)17-11/h3,5-6,9,12H,2,4,7-8H2,1H3/t12-/m1/s1. The largest absolute Gasteiger partial charge is 0.368 e. The number of aromatic nitrogens is 3. The van der Waals surface area contributed by atoms with Crippen LogP contribution in [0.2, 0.25) is 0 Å². The normalized spacial score (nSPS) is 19.4. The smallest absolute Gasteiger partial charge is 0.258 e. The number of hydrogen-bond donors (Lipinski definition) is 0. The van der Waals surface area contributed by atoms with E-state index in [1.54, 1.807) is 28.0 Å². The van der Waals surface area contributed by atoms with Gasteiger partial charge in [0.2, 0.25) is 0 Å². The molecule has 6 nitrogen and oxygen atoms in total. The molecule has 120 valence electrons. The molecular formula is C15H16N4O2S2. The first-order valence-corrected chi connectivity index (χ1v) is 9.17. The summed E-state index contributed by atoms with van der Waals surface area (Å²) in [7, 11) is 0. The first kappa shape index (κ1) is 14.9. The van der Waals surface area contributed by atoms with Gasteiger partial charge in [0.1, 0.15) is 11.1 Å². The van der Waals surface area contributed by atoms with E-state index in [1.165, 1.54) is 11.3 Å². The van der Waals surface area contributed by atoms with Gasteiger partial charge in [-0.25, -0.2) is 9.97 Å². The molecule has 23 heavy (non-hydrogen) atoms. The number of aryl methyl sites for hydroxylation is 1. The minimum absolute atomic E-state index is 0.00835. The van der Waals surface area contributed by atoms with Gasteiger partial charge in [0.05, 0.1) is 12.3 Å². The number of ether oxygens (including phenoxy) is 1. The SMILES string of the molecule is Cc1csc([C@H]2CN(Cc3cc(=O)n4ccsc4n3)CCO2)n1. The second-order valence-electron chi connectivity index (χ2n) is 5.56. The lowest BCUT2D eigenvalue weighted by Crippen LogP contribution is -2.38. The zero-order valence-electron chi connectivity index (χ0n) is 12.6. The van der Waals surface area contributed by atoms with Gasteiger partial charge in [0, 0.05) is 48.4 Å². The van der Waals surface area contributed by atoms with Crippen LogP contribution in [0.1, 0.15) is 22.5 Å². The number of thiazole rings is 2. The first-order valence-electron chi connectivity index (χ1n) is 7.41. The predicted octanol–water partition coefficient (Wildman–Crippen LogP) is 2.09. The fourth-order valence-electron chi connectivity index (χ4n) is 2.71. The third kappa shape index (κ3) is 3.07. The fourth-order valence-corrected chi connectivity index (χ4v) is 4.29. The molecule has 8 heteroatoms. The van der Waals surface area contributed by atoms with Gasteiger partial charge in [0.25, 0.3) is 5.56 Å². The highest BCUT2D eigenvalue weighted by molar-refractivity contribution is 7.15. The number of fused-ring (bicyclic) bond motifs is 1. The number of morpholine rings is 1. The van der Waals surface area contributed by atoms with Gasteiger partial charge in [-0.15, -0.1) is 22.7 Å². The number of nitrogens with zero attached hydrogens (tertiary/aromatic N) is 4. The molecular weight excluding hydrogens is 332 g/mol. The topological polar surface area (TPSA) is 59.7 Å².